The Hall–Kier alpha value is -2.91. The molecule has 9 heteroatoms. The molecule has 2 fully saturated rings. The van der Waals surface area contributed by atoms with Crippen LogP contribution in [0.3, 0.4) is 0 Å². The minimum absolute atomic E-state index is 0.566. The van der Waals surface area contributed by atoms with Gasteiger partial charge in [0, 0.05) is 36.4 Å². The van der Waals surface area contributed by atoms with Crippen molar-refractivity contribution in [3.8, 4) is 5.75 Å². The highest BCUT2D eigenvalue weighted by Gasteiger charge is 2.17. The number of likely N-dealkylation sites (tertiary alicyclic amines) is 2. The number of nitrogens with zero attached hydrogens (tertiary/aromatic N) is 5. The second-order valence-electron chi connectivity index (χ2n) is 9.58. The molecule has 0 saturated carbocycles. The molecule has 2 saturated heterocycles. The lowest BCUT2D eigenvalue weighted by Crippen LogP contribution is -2.33. The van der Waals surface area contributed by atoms with Crippen molar-refractivity contribution in [3.05, 3.63) is 30.6 Å². The number of fused-ring (bicyclic) bond motifs is 1. The molecule has 2 aromatic heterocycles. The average molecular weight is 465 g/mol. The largest absolute Gasteiger partial charge is 0.491 e. The Morgan fingerprint density at radius 2 is 2.00 bits per heavy atom. The molecule has 3 aromatic rings. The summed E-state index contributed by atoms with van der Waals surface area (Å²) in [6.45, 7) is 7.49. The van der Waals surface area contributed by atoms with E-state index in [-0.39, 0.29) is 0 Å². The Morgan fingerprint density at radius 1 is 1.15 bits per heavy atom. The van der Waals surface area contributed by atoms with Crippen molar-refractivity contribution in [2.24, 2.45) is 5.92 Å². The van der Waals surface area contributed by atoms with Gasteiger partial charge in [0.15, 0.2) is 0 Å². The number of piperidine rings is 1. The van der Waals surface area contributed by atoms with E-state index in [1.807, 2.05) is 24.4 Å². The molecule has 0 bridgehead atoms. The molecule has 0 spiro atoms. The summed E-state index contributed by atoms with van der Waals surface area (Å²) in [4.78, 5) is 14.0. The first-order valence-electron chi connectivity index (χ1n) is 12.6. The standard InChI is InChI=1S/C25H36N8O/c1-32-12-6-19(7-13-32)17-27-23-5-8-26-25(30-23)29-21-15-20-18-28-31-24(20)22(16-21)34-14-4-11-33-9-2-3-10-33/h5,8,15-16,18-19H,2-4,6-7,9-14,17H2,1H3,(H,28,31)(H2,26,27,29,30). The van der Waals surface area contributed by atoms with Gasteiger partial charge in [-0.1, -0.05) is 0 Å². The first kappa shape index (κ1) is 22.9. The third kappa shape index (κ3) is 5.95. The maximum absolute atomic E-state index is 6.16. The molecule has 2 aliphatic rings. The molecule has 5 rings (SSSR count). The second kappa shape index (κ2) is 11.0. The van der Waals surface area contributed by atoms with Crippen molar-refractivity contribution in [1.82, 2.24) is 30.0 Å². The van der Waals surface area contributed by atoms with Crippen molar-refractivity contribution in [2.75, 3.05) is 63.6 Å². The number of anilines is 3. The molecule has 182 valence electrons. The van der Waals surface area contributed by atoms with Crippen LogP contribution in [0, 0.1) is 5.92 Å². The van der Waals surface area contributed by atoms with Crippen molar-refractivity contribution in [3.63, 3.8) is 0 Å². The Balaban J connectivity index is 1.19. The summed E-state index contributed by atoms with van der Waals surface area (Å²) in [6, 6.07) is 5.96. The molecule has 9 nitrogen and oxygen atoms in total. The van der Waals surface area contributed by atoms with Crippen LogP contribution in [-0.2, 0) is 0 Å². The number of hydrogen-bond acceptors (Lipinski definition) is 8. The molecule has 2 aliphatic heterocycles. The summed E-state index contributed by atoms with van der Waals surface area (Å²) in [5.74, 6) is 2.90. The lowest BCUT2D eigenvalue weighted by Gasteiger charge is -2.29. The fraction of sp³-hybridized carbons (Fsp3) is 0.560. The summed E-state index contributed by atoms with van der Waals surface area (Å²) in [7, 11) is 2.19. The Labute approximate surface area is 201 Å². The van der Waals surface area contributed by atoms with Gasteiger partial charge >= 0.3 is 0 Å². The number of hydrogen-bond donors (Lipinski definition) is 3. The van der Waals surface area contributed by atoms with Crippen LogP contribution >= 0.6 is 0 Å². The molecular formula is C25H36N8O. The summed E-state index contributed by atoms with van der Waals surface area (Å²) in [5.41, 5.74) is 1.80. The van der Waals surface area contributed by atoms with E-state index < -0.39 is 0 Å². The van der Waals surface area contributed by atoms with Gasteiger partial charge in [-0.25, -0.2) is 4.98 Å². The van der Waals surface area contributed by atoms with Gasteiger partial charge in [-0.2, -0.15) is 10.1 Å². The minimum atomic E-state index is 0.566. The fourth-order valence-electron chi connectivity index (χ4n) is 4.85. The van der Waals surface area contributed by atoms with Crippen LogP contribution in [0.4, 0.5) is 17.5 Å². The van der Waals surface area contributed by atoms with Crippen LogP contribution in [0.5, 0.6) is 5.75 Å². The van der Waals surface area contributed by atoms with E-state index in [4.69, 9.17) is 4.74 Å². The molecule has 0 amide bonds. The topological polar surface area (TPSA) is 94.2 Å². The molecule has 3 N–H and O–H groups in total. The minimum Gasteiger partial charge on any atom is -0.491 e. The zero-order valence-corrected chi connectivity index (χ0v) is 20.1. The Morgan fingerprint density at radius 3 is 2.85 bits per heavy atom. The maximum Gasteiger partial charge on any atom is 0.229 e. The lowest BCUT2D eigenvalue weighted by atomic mass is 9.97. The number of aromatic nitrogens is 4. The van der Waals surface area contributed by atoms with Crippen LogP contribution in [0.1, 0.15) is 32.1 Å². The summed E-state index contributed by atoms with van der Waals surface area (Å²) < 4.78 is 6.16. The summed E-state index contributed by atoms with van der Waals surface area (Å²) in [5, 5.41) is 15.1. The molecule has 34 heavy (non-hydrogen) atoms. The molecule has 1 aromatic carbocycles. The van der Waals surface area contributed by atoms with Crippen LogP contribution in [0.15, 0.2) is 30.6 Å². The smallest absolute Gasteiger partial charge is 0.229 e. The third-order valence-electron chi connectivity index (χ3n) is 6.91. The number of rotatable bonds is 10. The highest BCUT2D eigenvalue weighted by Crippen LogP contribution is 2.30. The van der Waals surface area contributed by atoms with E-state index in [0.29, 0.717) is 18.5 Å². The number of ether oxygens (including phenoxy) is 1. The quantitative estimate of drug-likeness (QED) is 0.391. The van der Waals surface area contributed by atoms with E-state index in [1.54, 1.807) is 6.20 Å². The van der Waals surface area contributed by atoms with E-state index >= 15 is 0 Å². The van der Waals surface area contributed by atoms with Crippen molar-refractivity contribution in [2.45, 2.75) is 32.1 Å². The predicted molar refractivity (Wildman–Crippen MR) is 136 cm³/mol. The molecule has 0 aliphatic carbocycles. The number of aromatic amines is 1. The first-order chi connectivity index (χ1) is 16.7. The van der Waals surface area contributed by atoms with E-state index in [2.05, 4.69) is 47.6 Å². The molecular weight excluding hydrogens is 428 g/mol. The van der Waals surface area contributed by atoms with Crippen molar-refractivity contribution < 1.29 is 4.74 Å². The predicted octanol–water partition coefficient (Wildman–Crippen LogP) is 3.71. The highest BCUT2D eigenvalue weighted by molar-refractivity contribution is 5.88. The third-order valence-corrected chi connectivity index (χ3v) is 6.91. The van der Waals surface area contributed by atoms with Crippen LogP contribution in [0.2, 0.25) is 0 Å². The maximum atomic E-state index is 6.16. The van der Waals surface area contributed by atoms with E-state index in [9.17, 15) is 0 Å². The number of nitrogens with one attached hydrogen (secondary N) is 3. The zero-order valence-electron chi connectivity index (χ0n) is 20.1. The van der Waals surface area contributed by atoms with E-state index in [0.717, 1.165) is 47.7 Å². The lowest BCUT2D eigenvalue weighted by molar-refractivity contribution is 0.226. The number of H-pyrrole nitrogens is 1. The monoisotopic (exact) mass is 464 g/mol. The van der Waals surface area contributed by atoms with Gasteiger partial charge in [-0.3, -0.25) is 5.10 Å². The van der Waals surface area contributed by atoms with Crippen molar-refractivity contribution in [1.29, 1.82) is 0 Å². The fourth-order valence-corrected chi connectivity index (χ4v) is 4.85. The summed E-state index contributed by atoms with van der Waals surface area (Å²) >= 11 is 0. The summed E-state index contributed by atoms with van der Waals surface area (Å²) in [6.07, 6.45) is 9.72. The van der Waals surface area contributed by atoms with Gasteiger partial charge in [0.2, 0.25) is 5.95 Å². The molecule has 0 atom stereocenters. The zero-order chi connectivity index (χ0) is 23.2. The molecule has 0 unspecified atom stereocenters. The van der Waals surface area contributed by atoms with Crippen molar-refractivity contribution >= 4 is 28.4 Å². The van der Waals surface area contributed by atoms with Crippen LogP contribution in [-0.4, -0.2) is 82.9 Å². The Kier molecular flexibility index (Phi) is 7.40. The first-order valence-corrected chi connectivity index (χ1v) is 12.6. The van der Waals surface area contributed by atoms with Gasteiger partial charge in [-0.05, 0) is 83.4 Å². The molecule has 4 heterocycles. The van der Waals surface area contributed by atoms with Gasteiger partial charge in [0.05, 0.1) is 12.8 Å². The number of benzene rings is 1. The second-order valence-corrected chi connectivity index (χ2v) is 9.58. The normalized spacial score (nSPS) is 17.9. The van der Waals surface area contributed by atoms with E-state index in [1.165, 1.54) is 51.9 Å². The average Bonchev–Trinajstić information content (AvgIpc) is 3.54. The van der Waals surface area contributed by atoms with Crippen LogP contribution in [0.25, 0.3) is 10.9 Å². The Bertz CT molecular complexity index is 1060. The molecule has 0 radical (unpaired) electrons. The highest BCUT2D eigenvalue weighted by atomic mass is 16.5. The van der Waals surface area contributed by atoms with Gasteiger partial charge in [-0.15, -0.1) is 0 Å². The SMILES string of the molecule is CN1CCC(CNc2ccnc(Nc3cc(OCCCN4CCCC4)c4[nH]ncc4c3)n2)CC1. The van der Waals surface area contributed by atoms with Gasteiger partial charge in [0.25, 0.3) is 0 Å². The van der Waals surface area contributed by atoms with Crippen LogP contribution < -0.4 is 15.4 Å². The van der Waals surface area contributed by atoms with Gasteiger partial charge < -0.3 is 25.2 Å². The van der Waals surface area contributed by atoms with Gasteiger partial charge in [0.1, 0.15) is 17.1 Å².